The number of hydrogen-bond donors (Lipinski definition) is 2. The molecule has 1 rings (SSSR count). The molecule has 1 aromatic rings. The largest absolute Gasteiger partial charge is 0.379 e. The third-order valence-corrected chi connectivity index (χ3v) is 3.20. The monoisotopic (exact) mass is 294 g/mol. The van der Waals surface area contributed by atoms with E-state index in [0.717, 1.165) is 18.6 Å². The van der Waals surface area contributed by atoms with Crippen LogP contribution in [0.25, 0.3) is 0 Å². The Morgan fingerprint density at radius 2 is 1.81 bits per heavy atom. The summed E-state index contributed by atoms with van der Waals surface area (Å²) < 4.78 is 11.0. The average molecular weight is 294 g/mol. The van der Waals surface area contributed by atoms with Crippen molar-refractivity contribution in [2.75, 3.05) is 33.0 Å². The molecule has 0 aromatic heterocycles. The molecule has 0 aliphatic heterocycles. The normalized spacial score (nSPS) is 13.8. The summed E-state index contributed by atoms with van der Waals surface area (Å²) in [6.45, 7) is 6.47. The number of ether oxygens (including phenoxy) is 2. The number of nitrogens with two attached hydrogens (primary N) is 1. The van der Waals surface area contributed by atoms with Crippen molar-refractivity contribution in [2.24, 2.45) is 5.73 Å². The molecule has 0 saturated heterocycles. The van der Waals surface area contributed by atoms with Crippen LogP contribution in [0, 0.1) is 0 Å². The second kappa shape index (κ2) is 9.50. The number of hydrogen-bond acceptors (Lipinski definition) is 4. The quantitative estimate of drug-likeness (QED) is 0.605. The van der Waals surface area contributed by atoms with Crippen molar-refractivity contribution in [1.82, 2.24) is 5.32 Å². The van der Waals surface area contributed by atoms with Crippen LogP contribution in [0.5, 0.6) is 0 Å². The van der Waals surface area contributed by atoms with Crippen LogP contribution in [0.1, 0.15) is 25.8 Å². The Balaban J connectivity index is 2.71. The van der Waals surface area contributed by atoms with E-state index in [1.54, 1.807) is 0 Å². The van der Waals surface area contributed by atoms with E-state index in [4.69, 9.17) is 15.2 Å². The van der Waals surface area contributed by atoms with E-state index in [0.29, 0.717) is 19.8 Å². The average Bonchev–Trinajstić information content (AvgIpc) is 2.50. The lowest BCUT2D eigenvalue weighted by molar-refractivity contribution is -0.128. The van der Waals surface area contributed by atoms with Crippen LogP contribution in [0.4, 0.5) is 0 Å². The topological polar surface area (TPSA) is 73.6 Å². The molecule has 118 valence electrons. The Labute approximate surface area is 126 Å². The zero-order valence-corrected chi connectivity index (χ0v) is 12.9. The summed E-state index contributed by atoms with van der Waals surface area (Å²) in [5, 5.41) is 3.17. The number of likely N-dealkylation sites (N-methyl/N-ethyl adjacent to an activating group) is 1. The summed E-state index contributed by atoms with van der Waals surface area (Å²) in [6.07, 6.45) is 0.979. The predicted octanol–water partition coefficient (Wildman–Crippen LogP) is 1.42. The molecule has 1 atom stereocenters. The Hall–Kier alpha value is -1.43. The molecule has 0 bridgehead atoms. The molecule has 1 aromatic carbocycles. The summed E-state index contributed by atoms with van der Waals surface area (Å²) in [6, 6.07) is 9.43. The number of rotatable bonds is 11. The fraction of sp³-hybridized carbons (Fsp3) is 0.562. The fourth-order valence-electron chi connectivity index (χ4n) is 2.15. The molecule has 0 spiro atoms. The molecular weight excluding hydrogens is 268 g/mol. The molecule has 21 heavy (non-hydrogen) atoms. The number of carbonyl (C=O) groups excluding carboxylic acids is 1. The first-order chi connectivity index (χ1) is 10.2. The molecule has 1 amide bonds. The molecule has 1 unspecified atom stereocenters. The highest BCUT2D eigenvalue weighted by atomic mass is 16.5. The van der Waals surface area contributed by atoms with Crippen molar-refractivity contribution in [2.45, 2.75) is 25.8 Å². The summed E-state index contributed by atoms with van der Waals surface area (Å²) in [4.78, 5) is 12.0. The summed E-state index contributed by atoms with van der Waals surface area (Å²) >= 11 is 0. The van der Waals surface area contributed by atoms with Gasteiger partial charge in [-0.1, -0.05) is 44.2 Å². The maximum atomic E-state index is 12.0. The number of carbonyl (C=O) groups is 1. The van der Waals surface area contributed by atoms with Gasteiger partial charge in [0, 0.05) is 6.61 Å². The van der Waals surface area contributed by atoms with Crippen molar-refractivity contribution < 1.29 is 14.3 Å². The first-order valence-corrected chi connectivity index (χ1v) is 7.43. The minimum atomic E-state index is -0.999. The number of primary amides is 1. The van der Waals surface area contributed by atoms with Gasteiger partial charge in [0.1, 0.15) is 5.54 Å². The molecule has 0 aliphatic rings. The van der Waals surface area contributed by atoms with Crippen molar-refractivity contribution in [1.29, 1.82) is 0 Å². The van der Waals surface area contributed by atoms with E-state index >= 15 is 0 Å². The van der Waals surface area contributed by atoms with E-state index in [-0.39, 0.29) is 6.61 Å². The van der Waals surface area contributed by atoms with Crippen molar-refractivity contribution in [3.63, 3.8) is 0 Å². The first-order valence-electron chi connectivity index (χ1n) is 7.43. The van der Waals surface area contributed by atoms with Gasteiger partial charge in [0.05, 0.1) is 19.8 Å². The van der Waals surface area contributed by atoms with Gasteiger partial charge < -0.3 is 15.2 Å². The Morgan fingerprint density at radius 3 is 2.38 bits per heavy atom. The van der Waals surface area contributed by atoms with Crippen LogP contribution < -0.4 is 11.1 Å². The van der Waals surface area contributed by atoms with Gasteiger partial charge in [-0.25, -0.2) is 0 Å². The molecular formula is C16H26N2O3. The zero-order valence-electron chi connectivity index (χ0n) is 12.9. The van der Waals surface area contributed by atoms with Gasteiger partial charge in [0.25, 0.3) is 0 Å². The molecule has 0 heterocycles. The molecule has 0 radical (unpaired) electrons. The van der Waals surface area contributed by atoms with Gasteiger partial charge in [-0.15, -0.1) is 0 Å². The van der Waals surface area contributed by atoms with Crippen molar-refractivity contribution in [3.8, 4) is 0 Å². The molecule has 5 nitrogen and oxygen atoms in total. The van der Waals surface area contributed by atoms with Gasteiger partial charge in [0.15, 0.2) is 0 Å². The van der Waals surface area contributed by atoms with Crippen LogP contribution in [0.2, 0.25) is 0 Å². The standard InChI is InChI=1S/C16H26N2O3/c1-3-10-20-11-12-21-13-16(15(17)19,18-4-2)14-8-6-5-7-9-14/h5-9,18H,3-4,10-13H2,1-2H3,(H2,17,19). The first kappa shape index (κ1) is 17.6. The van der Waals surface area contributed by atoms with Crippen LogP contribution in [0.3, 0.4) is 0 Å². The smallest absolute Gasteiger partial charge is 0.244 e. The molecule has 0 fully saturated rings. The zero-order chi connectivity index (χ0) is 15.6. The molecule has 5 heteroatoms. The van der Waals surface area contributed by atoms with E-state index in [1.807, 2.05) is 37.3 Å². The third kappa shape index (κ3) is 5.12. The summed E-state index contributed by atoms with van der Waals surface area (Å²) in [7, 11) is 0. The second-order valence-corrected chi connectivity index (χ2v) is 4.83. The number of nitrogens with one attached hydrogen (secondary N) is 1. The molecule has 3 N–H and O–H groups in total. The van der Waals surface area contributed by atoms with E-state index in [2.05, 4.69) is 12.2 Å². The Kier molecular flexibility index (Phi) is 7.97. The summed E-state index contributed by atoms with van der Waals surface area (Å²) in [5.41, 5.74) is 5.45. The molecule has 0 saturated carbocycles. The minimum absolute atomic E-state index is 0.190. The highest BCUT2D eigenvalue weighted by Crippen LogP contribution is 2.21. The molecule has 0 aliphatic carbocycles. The van der Waals surface area contributed by atoms with Crippen LogP contribution in [-0.2, 0) is 19.8 Å². The number of amides is 1. The van der Waals surface area contributed by atoms with Gasteiger partial charge in [0.2, 0.25) is 5.91 Å². The third-order valence-electron chi connectivity index (χ3n) is 3.20. The van der Waals surface area contributed by atoms with Crippen LogP contribution >= 0.6 is 0 Å². The summed E-state index contributed by atoms with van der Waals surface area (Å²) in [5.74, 6) is -0.440. The predicted molar refractivity (Wildman–Crippen MR) is 82.9 cm³/mol. The maximum Gasteiger partial charge on any atom is 0.244 e. The lowest BCUT2D eigenvalue weighted by Crippen LogP contribution is -2.56. The van der Waals surface area contributed by atoms with Crippen LogP contribution in [0.15, 0.2) is 30.3 Å². The van der Waals surface area contributed by atoms with Gasteiger partial charge in [-0.05, 0) is 18.5 Å². The van der Waals surface area contributed by atoms with Gasteiger partial charge in [-0.3, -0.25) is 10.1 Å². The van der Waals surface area contributed by atoms with Gasteiger partial charge >= 0.3 is 0 Å². The van der Waals surface area contributed by atoms with E-state index < -0.39 is 11.4 Å². The highest BCUT2D eigenvalue weighted by Gasteiger charge is 2.38. The lowest BCUT2D eigenvalue weighted by atomic mass is 9.89. The van der Waals surface area contributed by atoms with Crippen molar-refractivity contribution >= 4 is 5.91 Å². The van der Waals surface area contributed by atoms with Crippen LogP contribution in [-0.4, -0.2) is 38.9 Å². The van der Waals surface area contributed by atoms with Crippen molar-refractivity contribution in [3.05, 3.63) is 35.9 Å². The maximum absolute atomic E-state index is 12.0. The minimum Gasteiger partial charge on any atom is -0.379 e. The second-order valence-electron chi connectivity index (χ2n) is 4.83. The fourth-order valence-corrected chi connectivity index (χ4v) is 2.15. The SMILES string of the molecule is CCCOCCOCC(NCC)(C(N)=O)c1ccccc1. The van der Waals surface area contributed by atoms with E-state index in [9.17, 15) is 4.79 Å². The Morgan fingerprint density at radius 1 is 1.14 bits per heavy atom. The number of benzene rings is 1. The Bertz CT molecular complexity index is 411. The lowest BCUT2D eigenvalue weighted by Gasteiger charge is -2.31. The highest BCUT2D eigenvalue weighted by molar-refractivity contribution is 5.86. The van der Waals surface area contributed by atoms with E-state index in [1.165, 1.54) is 0 Å². The van der Waals surface area contributed by atoms with Gasteiger partial charge in [-0.2, -0.15) is 0 Å².